The zero-order valence-corrected chi connectivity index (χ0v) is 14.2. The first-order valence-electron chi connectivity index (χ1n) is 6.51. The Morgan fingerprint density at radius 2 is 0.875 bits per heavy atom. The molecule has 0 rings (SSSR count). The maximum absolute atomic E-state index is 11.3. The Bertz CT molecular complexity index is 394. The first-order valence-corrected chi connectivity index (χ1v) is 9.50. The van der Waals surface area contributed by atoms with Crippen molar-refractivity contribution in [1.29, 1.82) is 0 Å². The molecule has 0 aliphatic rings. The number of phosphoric acid groups is 2. The van der Waals surface area contributed by atoms with E-state index in [4.69, 9.17) is 20.4 Å². The topological polar surface area (TPSA) is 213 Å². The van der Waals surface area contributed by atoms with Crippen LogP contribution < -0.4 is 0 Å². The molecule has 0 spiro atoms. The van der Waals surface area contributed by atoms with Crippen LogP contribution in [0.5, 0.6) is 0 Å². The maximum Gasteiger partial charge on any atom is 0.472 e. The van der Waals surface area contributed by atoms with E-state index in [0.717, 1.165) is 0 Å². The lowest BCUT2D eigenvalue weighted by Crippen LogP contribution is -2.23. The molecule has 0 fully saturated rings. The monoisotopic (exact) mass is 400 g/mol. The molecule has 0 amide bonds. The molecule has 0 saturated heterocycles. The third kappa shape index (κ3) is 12.4. The highest BCUT2D eigenvalue weighted by atomic mass is 31.2. The Morgan fingerprint density at radius 3 is 1.12 bits per heavy atom. The molecule has 0 aromatic rings. The average molecular weight is 400 g/mol. The summed E-state index contributed by atoms with van der Waals surface area (Å²) >= 11 is 0. The Kier molecular flexibility index (Phi) is 11.6. The minimum atomic E-state index is -4.62. The zero-order chi connectivity index (χ0) is 18.8. The van der Waals surface area contributed by atoms with Crippen molar-refractivity contribution in [3.8, 4) is 0 Å². The van der Waals surface area contributed by atoms with Crippen molar-refractivity contribution in [2.45, 2.75) is 18.3 Å². The molecule has 0 bridgehead atoms. The summed E-state index contributed by atoms with van der Waals surface area (Å²) in [5.41, 5.74) is 0. The molecule has 0 heterocycles. The summed E-state index contributed by atoms with van der Waals surface area (Å²) in [5.74, 6) is 0. The van der Waals surface area contributed by atoms with Gasteiger partial charge in [-0.3, -0.25) is 18.1 Å². The summed E-state index contributed by atoms with van der Waals surface area (Å²) in [5, 5.41) is 44.3. The second-order valence-corrected chi connectivity index (χ2v) is 7.35. The van der Waals surface area contributed by atoms with Gasteiger partial charge < -0.3 is 35.3 Å². The highest BCUT2D eigenvalue weighted by molar-refractivity contribution is 7.47. The Labute approximate surface area is 137 Å². The van der Waals surface area contributed by atoms with E-state index in [0.29, 0.717) is 0 Å². The van der Waals surface area contributed by atoms with Gasteiger partial charge in [0.25, 0.3) is 0 Å². The first-order chi connectivity index (χ1) is 11.0. The van der Waals surface area contributed by atoms with Crippen LogP contribution in [0.15, 0.2) is 0 Å². The van der Waals surface area contributed by atoms with Gasteiger partial charge in [0.15, 0.2) is 0 Å². The van der Waals surface area contributed by atoms with E-state index < -0.39 is 73.6 Å². The fourth-order valence-electron chi connectivity index (χ4n) is 0.949. The minimum Gasteiger partial charge on any atom is -0.394 e. The van der Waals surface area contributed by atoms with Gasteiger partial charge in [-0.25, -0.2) is 9.13 Å². The number of phosphoric ester groups is 2. The second kappa shape index (κ2) is 11.6. The molecular weight excluding hydrogens is 378 g/mol. The molecule has 0 aromatic carbocycles. The standard InChI is InChI=1S/C9H22O13P2/c10-1-7(12)3-19-23(15,16)21-5-9(14)6-22-24(17,18)20-4-8(13)2-11/h7-14H,1-6H2,(H,15,16)(H,17,18). The van der Waals surface area contributed by atoms with E-state index in [1.165, 1.54) is 0 Å². The van der Waals surface area contributed by atoms with Crippen molar-refractivity contribution < 1.29 is 62.5 Å². The van der Waals surface area contributed by atoms with Crippen LogP contribution in [0, 0.1) is 0 Å². The second-order valence-electron chi connectivity index (χ2n) is 4.45. The van der Waals surface area contributed by atoms with Crippen molar-refractivity contribution in [1.82, 2.24) is 0 Å². The van der Waals surface area contributed by atoms with Gasteiger partial charge >= 0.3 is 15.6 Å². The Hall–Kier alpha value is 0.0200. The average Bonchev–Trinajstić information content (AvgIpc) is 2.54. The fraction of sp³-hybridized carbons (Fsp3) is 1.00. The fourth-order valence-corrected chi connectivity index (χ4v) is 2.54. The van der Waals surface area contributed by atoms with Crippen LogP contribution in [0.25, 0.3) is 0 Å². The van der Waals surface area contributed by atoms with Crippen LogP contribution in [0.1, 0.15) is 0 Å². The van der Waals surface area contributed by atoms with Crippen LogP contribution in [-0.4, -0.2) is 93.3 Å². The van der Waals surface area contributed by atoms with Crippen LogP contribution in [-0.2, 0) is 27.2 Å². The van der Waals surface area contributed by atoms with E-state index >= 15 is 0 Å². The molecule has 13 nitrogen and oxygen atoms in total. The van der Waals surface area contributed by atoms with Gasteiger partial charge in [-0.05, 0) is 0 Å². The molecule has 146 valence electrons. The van der Waals surface area contributed by atoms with Crippen molar-refractivity contribution in [2.24, 2.45) is 0 Å². The molecule has 15 heteroatoms. The van der Waals surface area contributed by atoms with Crippen molar-refractivity contribution in [3.05, 3.63) is 0 Å². The summed E-state index contributed by atoms with van der Waals surface area (Å²) in [7, 11) is -9.24. The highest BCUT2D eigenvalue weighted by Gasteiger charge is 2.27. The van der Waals surface area contributed by atoms with Gasteiger partial charge in [0, 0.05) is 0 Å². The number of aliphatic hydroxyl groups excluding tert-OH is 5. The van der Waals surface area contributed by atoms with Gasteiger partial charge in [0.2, 0.25) is 0 Å². The highest BCUT2D eigenvalue weighted by Crippen LogP contribution is 2.45. The molecule has 4 atom stereocenters. The van der Waals surface area contributed by atoms with Crippen LogP contribution in [0.2, 0.25) is 0 Å². The third-order valence-electron chi connectivity index (χ3n) is 2.14. The zero-order valence-electron chi connectivity index (χ0n) is 12.4. The molecule has 0 saturated carbocycles. The third-order valence-corrected chi connectivity index (χ3v) is 4.04. The number of hydrogen-bond acceptors (Lipinski definition) is 11. The van der Waals surface area contributed by atoms with E-state index in [1.807, 2.05) is 0 Å². The summed E-state index contributed by atoms with van der Waals surface area (Å²) in [4.78, 5) is 18.4. The minimum absolute atomic E-state index is 0.691. The Balaban J connectivity index is 4.10. The molecule has 24 heavy (non-hydrogen) atoms. The molecule has 0 aliphatic heterocycles. The summed E-state index contributed by atoms with van der Waals surface area (Å²) in [6.45, 7) is -4.42. The van der Waals surface area contributed by atoms with Crippen LogP contribution in [0.3, 0.4) is 0 Å². The lowest BCUT2D eigenvalue weighted by molar-refractivity contribution is 0.00699. The SMILES string of the molecule is O=P(O)(OCC(O)CO)OCC(O)COP(=O)(O)OCC(O)CO. The predicted molar refractivity (Wildman–Crippen MR) is 75.7 cm³/mol. The van der Waals surface area contributed by atoms with E-state index in [9.17, 15) is 24.0 Å². The van der Waals surface area contributed by atoms with E-state index in [1.54, 1.807) is 0 Å². The molecule has 4 unspecified atom stereocenters. The normalized spacial score (nSPS) is 20.8. The predicted octanol–water partition coefficient (Wildman–Crippen LogP) is -2.68. The number of hydrogen-bond donors (Lipinski definition) is 7. The lowest BCUT2D eigenvalue weighted by Gasteiger charge is -2.18. The van der Waals surface area contributed by atoms with Crippen LogP contribution >= 0.6 is 15.6 Å². The van der Waals surface area contributed by atoms with Gasteiger partial charge in [0.05, 0.1) is 39.6 Å². The van der Waals surface area contributed by atoms with Gasteiger partial charge in [-0.15, -0.1) is 0 Å². The molecular formula is C9H22O13P2. The molecule has 7 N–H and O–H groups in total. The lowest BCUT2D eigenvalue weighted by atomic mass is 10.4. The van der Waals surface area contributed by atoms with Gasteiger partial charge in [0.1, 0.15) is 18.3 Å². The first kappa shape index (κ1) is 24.0. The summed E-state index contributed by atoms with van der Waals surface area (Å²) in [6.07, 6.45) is -4.40. The number of aliphatic hydroxyl groups is 5. The maximum atomic E-state index is 11.3. The summed E-state index contributed by atoms with van der Waals surface area (Å²) in [6, 6.07) is 0. The van der Waals surface area contributed by atoms with Crippen molar-refractivity contribution in [3.63, 3.8) is 0 Å². The van der Waals surface area contributed by atoms with E-state index in [2.05, 4.69) is 18.1 Å². The quantitative estimate of drug-likeness (QED) is 0.148. The smallest absolute Gasteiger partial charge is 0.394 e. The molecule has 0 aliphatic carbocycles. The van der Waals surface area contributed by atoms with Gasteiger partial charge in [-0.2, -0.15) is 0 Å². The Morgan fingerprint density at radius 1 is 0.625 bits per heavy atom. The largest absolute Gasteiger partial charge is 0.472 e. The van der Waals surface area contributed by atoms with Crippen molar-refractivity contribution >= 4 is 15.6 Å². The van der Waals surface area contributed by atoms with E-state index in [-0.39, 0.29) is 0 Å². The summed E-state index contributed by atoms with van der Waals surface area (Å²) < 4.78 is 40.0. The molecule has 0 radical (unpaired) electrons. The number of rotatable bonds is 14. The van der Waals surface area contributed by atoms with Gasteiger partial charge in [-0.1, -0.05) is 0 Å². The van der Waals surface area contributed by atoms with Crippen molar-refractivity contribution in [2.75, 3.05) is 39.6 Å². The van der Waals surface area contributed by atoms with Crippen LogP contribution in [0.4, 0.5) is 0 Å². The molecule has 0 aromatic heterocycles.